The fourth-order valence-electron chi connectivity index (χ4n) is 1.65. The standard InChI is InChI=1S/C15H22O2/c1-3-5-6-10-15(16)13-8-7-9-14(12-13)17-11-4-2/h3,7-9,12,15-16H,1,4-6,10-11H2,2H3. The second-order valence-electron chi connectivity index (χ2n) is 4.16. The maximum atomic E-state index is 10.0. The lowest BCUT2D eigenvalue weighted by atomic mass is 10.0. The van der Waals surface area contributed by atoms with Gasteiger partial charge in [-0.2, -0.15) is 0 Å². The Balaban J connectivity index is 2.53. The summed E-state index contributed by atoms with van der Waals surface area (Å²) in [6.45, 7) is 6.47. The van der Waals surface area contributed by atoms with E-state index >= 15 is 0 Å². The Morgan fingerprint density at radius 3 is 3.00 bits per heavy atom. The average molecular weight is 234 g/mol. The molecule has 94 valence electrons. The monoisotopic (exact) mass is 234 g/mol. The van der Waals surface area contributed by atoms with Crippen LogP contribution < -0.4 is 4.74 Å². The van der Waals surface area contributed by atoms with Crippen LogP contribution in [0.3, 0.4) is 0 Å². The van der Waals surface area contributed by atoms with Crippen molar-refractivity contribution in [3.63, 3.8) is 0 Å². The normalized spacial score (nSPS) is 12.1. The first-order valence-electron chi connectivity index (χ1n) is 6.29. The quantitative estimate of drug-likeness (QED) is 0.546. The zero-order valence-electron chi connectivity index (χ0n) is 10.6. The lowest BCUT2D eigenvalue weighted by molar-refractivity contribution is 0.164. The summed E-state index contributed by atoms with van der Waals surface area (Å²) >= 11 is 0. The van der Waals surface area contributed by atoms with E-state index in [4.69, 9.17) is 4.74 Å². The van der Waals surface area contributed by atoms with Gasteiger partial charge < -0.3 is 9.84 Å². The topological polar surface area (TPSA) is 29.5 Å². The van der Waals surface area contributed by atoms with E-state index in [9.17, 15) is 5.11 Å². The molecule has 0 heterocycles. The molecule has 1 N–H and O–H groups in total. The van der Waals surface area contributed by atoms with Crippen molar-refractivity contribution in [3.05, 3.63) is 42.5 Å². The molecule has 0 spiro atoms. The third-order valence-corrected chi connectivity index (χ3v) is 2.60. The molecule has 1 aromatic carbocycles. The van der Waals surface area contributed by atoms with Crippen molar-refractivity contribution in [2.45, 2.75) is 38.7 Å². The molecule has 1 rings (SSSR count). The summed E-state index contributed by atoms with van der Waals surface area (Å²) in [4.78, 5) is 0. The molecule has 1 aromatic rings. The van der Waals surface area contributed by atoms with E-state index in [0.29, 0.717) is 0 Å². The minimum Gasteiger partial charge on any atom is -0.494 e. The Kier molecular flexibility index (Phi) is 6.41. The Morgan fingerprint density at radius 2 is 2.29 bits per heavy atom. The van der Waals surface area contributed by atoms with Crippen molar-refractivity contribution in [2.75, 3.05) is 6.61 Å². The van der Waals surface area contributed by atoms with Crippen LogP contribution in [-0.2, 0) is 0 Å². The van der Waals surface area contributed by atoms with Crippen molar-refractivity contribution in [2.24, 2.45) is 0 Å². The molecular weight excluding hydrogens is 212 g/mol. The fraction of sp³-hybridized carbons (Fsp3) is 0.467. The SMILES string of the molecule is C=CCCCC(O)c1cccc(OCCC)c1. The number of rotatable bonds is 8. The molecule has 0 aliphatic heterocycles. The van der Waals surface area contributed by atoms with Crippen molar-refractivity contribution >= 4 is 0 Å². The molecule has 0 saturated heterocycles. The second kappa shape index (κ2) is 7.91. The summed E-state index contributed by atoms with van der Waals surface area (Å²) in [6.07, 6.45) is 5.15. The Labute approximate surface area is 104 Å². The highest BCUT2D eigenvalue weighted by Crippen LogP contribution is 2.23. The predicted molar refractivity (Wildman–Crippen MR) is 71.2 cm³/mol. The van der Waals surface area contributed by atoms with Crippen LogP contribution in [0.4, 0.5) is 0 Å². The van der Waals surface area contributed by atoms with Gasteiger partial charge in [-0.1, -0.05) is 25.1 Å². The summed E-state index contributed by atoms with van der Waals surface area (Å²) in [5.74, 6) is 0.840. The largest absolute Gasteiger partial charge is 0.494 e. The van der Waals surface area contributed by atoms with Gasteiger partial charge in [0, 0.05) is 0 Å². The lowest BCUT2D eigenvalue weighted by Gasteiger charge is -2.12. The second-order valence-corrected chi connectivity index (χ2v) is 4.16. The molecule has 2 heteroatoms. The first-order valence-corrected chi connectivity index (χ1v) is 6.29. The number of aliphatic hydroxyl groups is 1. The van der Waals surface area contributed by atoms with Crippen molar-refractivity contribution < 1.29 is 9.84 Å². The van der Waals surface area contributed by atoms with Gasteiger partial charge in [-0.15, -0.1) is 6.58 Å². The van der Waals surface area contributed by atoms with E-state index in [1.807, 2.05) is 30.3 Å². The predicted octanol–water partition coefficient (Wildman–Crippen LogP) is 3.87. The number of benzene rings is 1. The Morgan fingerprint density at radius 1 is 1.47 bits per heavy atom. The Bertz CT molecular complexity index is 333. The third-order valence-electron chi connectivity index (χ3n) is 2.60. The molecule has 0 radical (unpaired) electrons. The molecule has 0 saturated carbocycles. The van der Waals surface area contributed by atoms with Gasteiger partial charge in [0.2, 0.25) is 0 Å². The van der Waals surface area contributed by atoms with Crippen molar-refractivity contribution in [1.29, 1.82) is 0 Å². The average Bonchev–Trinajstić information content (AvgIpc) is 2.37. The molecule has 0 amide bonds. The number of hydrogen-bond donors (Lipinski definition) is 1. The maximum absolute atomic E-state index is 10.0. The zero-order chi connectivity index (χ0) is 12.5. The number of hydrogen-bond acceptors (Lipinski definition) is 2. The maximum Gasteiger partial charge on any atom is 0.119 e. The molecular formula is C15H22O2. The van der Waals surface area contributed by atoms with Gasteiger partial charge in [-0.05, 0) is 43.4 Å². The van der Waals surface area contributed by atoms with E-state index in [-0.39, 0.29) is 0 Å². The molecule has 17 heavy (non-hydrogen) atoms. The number of aliphatic hydroxyl groups excluding tert-OH is 1. The van der Waals surface area contributed by atoms with Gasteiger partial charge in [-0.3, -0.25) is 0 Å². The molecule has 0 fully saturated rings. The molecule has 0 aliphatic rings. The fourth-order valence-corrected chi connectivity index (χ4v) is 1.65. The highest BCUT2D eigenvalue weighted by Gasteiger charge is 2.07. The van der Waals surface area contributed by atoms with Gasteiger partial charge in [0.15, 0.2) is 0 Å². The molecule has 0 bridgehead atoms. The first kappa shape index (κ1) is 13.8. The molecule has 1 atom stereocenters. The van der Waals surface area contributed by atoms with Crippen LogP contribution in [0.5, 0.6) is 5.75 Å². The molecule has 0 aromatic heterocycles. The Hall–Kier alpha value is -1.28. The number of ether oxygens (including phenoxy) is 1. The number of unbranched alkanes of at least 4 members (excludes halogenated alkanes) is 1. The minimum absolute atomic E-state index is 0.403. The van der Waals surface area contributed by atoms with E-state index in [1.165, 1.54) is 0 Å². The van der Waals surface area contributed by atoms with Crippen molar-refractivity contribution in [1.82, 2.24) is 0 Å². The number of allylic oxidation sites excluding steroid dienone is 1. The van der Waals surface area contributed by atoms with Crippen LogP contribution in [0, 0.1) is 0 Å². The summed E-state index contributed by atoms with van der Waals surface area (Å²) in [5.41, 5.74) is 0.933. The zero-order valence-corrected chi connectivity index (χ0v) is 10.6. The van der Waals surface area contributed by atoms with E-state index < -0.39 is 6.10 Å². The highest BCUT2D eigenvalue weighted by molar-refractivity contribution is 5.29. The minimum atomic E-state index is -0.403. The summed E-state index contributed by atoms with van der Waals surface area (Å²) in [7, 11) is 0. The molecule has 0 aliphatic carbocycles. The van der Waals surface area contributed by atoms with E-state index in [2.05, 4.69) is 13.5 Å². The van der Waals surface area contributed by atoms with Crippen LogP contribution in [0.1, 0.15) is 44.3 Å². The van der Waals surface area contributed by atoms with Gasteiger partial charge in [-0.25, -0.2) is 0 Å². The van der Waals surface area contributed by atoms with Gasteiger partial charge in [0.05, 0.1) is 12.7 Å². The van der Waals surface area contributed by atoms with Crippen LogP contribution in [0.15, 0.2) is 36.9 Å². The van der Waals surface area contributed by atoms with Crippen LogP contribution in [0.25, 0.3) is 0 Å². The van der Waals surface area contributed by atoms with Crippen molar-refractivity contribution in [3.8, 4) is 5.75 Å². The summed E-state index contributed by atoms with van der Waals surface area (Å²) < 4.78 is 5.54. The highest BCUT2D eigenvalue weighted by atomic mass is 16.5. The molecule has 1 unspecified atom stereocenters. The van der Waals surface area contributed by atoms with E-state index in [1.54, 1.807) is 0 Å². The van der Waals surface area contributed by atoms with Crippen LogP contribution in [0.2, 0.25) is 0 Å². The smallest absolute Gasteiger partial charge is 0.119 e. The van der Waals surface area contributed by atoms with Crippen LogP contribution >= 0.6 is 0 Å². The summed E-state index contributed by atoms with van der Waals surface area (Å²) in [5, 5.41) is 10.0. The summed E-state index contributed by atoms with van der Waals surface area (Å²) in [6, 6.07) is 7.72. The first-order chi connectivity index (χ1) is 8.27. The van der Waals surface area contributed by atoms with E-state index in [0.717, 1.165) is 43.6 Å². The van der Waals surface area contributed by atoms with Gasteiger partial charge >= 0.3 is 0 Å². The van der Waals surface area contributed by atoms with Crippen LogP contribution in [-0.4, -0.2) is 11.7 Å². The van der Waals surface area contributed by atoms with Gasteiger partial charge in [0.25, 0.3) is 0 Å². The lowest BCUT2D eigenvalue weighted by Crippen LogP contribution is -1.99. The van der Waals surface area contributed by atoms with Gasteiger partial charge in [0.1, 0.15) is 5.75 Å². The third kappa shape index (κ3) is 5.05. The molecule has 2 nitrogen and oxygen atoms in total.